The Morgan fingerprint density at radius 3 is 2.21 bits per heavy atom. The molecular formula is C21H26N2O5S. The van der Waals surface area contributed by atoms with Gasteiger partial charge < -0.3 is 14.8 Å². The van der Waals surface area contributed by atoms with Crippen molar-refractivity contribution < 1.29 is 22.7 Å². The minimum Gasteiger partial charge on any atom is -0.497 e. The quantitative estimate of drug-likeness (QED) is 0.686. The van der Waals surface area contributed by atoms with Gasteiger partial charge in [-0.2, -0.15) is 0 Å². The summed E-state index contributed by atoms with van der Waals surface area (Å²) in [5.74, 6) is 0.920. The molecule has 1 amide bonds. The molecule has 1 aliphatic carbocycles. The van der Waals surface area contributed by atoms with E-state index >= 15 is 0 Å². The van der Waals surface area contributed by atoms with Gasteiger partial charge in [0.2, 0.25) is 0 Å². The molecule has 0 saturated heterocycles. The molecule has 1 saturated carbocycles. The van der Waals surface area contributed by atoms with Crippen molar-refractivity contribution in [2.75, 3.05) is 18.4 Å². The van der Waals surface area contributed by atoms with Gasteiger partial charge in [-0.05, 0) is 61.4 Å². The van der Waals surface area contributed by atoms with Crippen LogP contribution in [0.25, 0.3) is 0 Å². The highest BCUT2D eigenvalue weighted by Crippen LogP contribution is 2.21. The van der Waals surface area contributed by atoms with E-state index in [2.05, 4.69) is 10.0 Å². The number of rotatable bonds is 8. The highest BCUT2D eigenvalue weighted by atomic mass is 32.2. The lowest BCUT2D eigenvalue weighted by molar-refractivity contribution is -0.124. The summed E-state index contributed by atoms with van der Waals surface area (Å²) in [5, 5.41) is 2.98. The third kappa shape index (κ3) is 6.12. The number of anilines is 1. The number of hydrogen-bond acceptors (Lipinski definition) is 5. The molecule has 156 valence electrons. The molecule has 0 radical (unpaired) electrons. The maximum Gasteiger partial charge on any atom is 0.261 e. The van der Waals surface area contributed by atoms with Crippen LogP contribution < -0.4 is 19.5 Å². The predicted molar refractivity (Wildman–Crippen MR) is 111 cm³/mol. The minimum atomic E-state index is -3.73. The van der Waals surface area contributed by atoms with Crippen molar-refractivity contribution in [3.8, 4) is 11.5 Å². The molecule has 2 N–H and O–H groups in total. The molecule has 0 aliphatic heterocycles. The van der Waals surface area contributed by atoms with Crippen LogP contribution in [0.2, 0.25) is 0 Å². The van der Waals surface area contributed by atoms with E-state index in [-0.39, 0.29) is 23.5 Å². The zero-order valence-electron chi connectivity index (χ0n) is 16.4. The van der Waals surface area contributed by atoms with Crippen molar-refractivity contribution in [1.29, 1.82) is 0 Å². The number of sulfonamides is 1. The van der Waals surface area contributed by atoms with Gasteiger partial charge in [0, 0.05) is 11.7 Å². The number of benzene rings is 2. The molecule has 2 aromatic rings. The third-order valence-electron chi connectivity index (χ3n) is 4.82. The second kappa shape index (κ2) is 9.65. The second-order valence-corrected chi connectivity index (χ2v) is 8.68. The Bertz CT molecular complexity index is 905. The number of hydrogen-bond donors (Lipinski definition) is 2. The Morgan fingerprint density at radius 2 is 1.59 bits per heavy atom. The van der Waals surface area contributed by atoms with Crippen molar-refractivity contribution >= 4 is 21.6 Å². The van der Waals surface area contributed by atoms with E-state index in [4.69, 9.17) is 9.47 Å². The highest BCUT2D eigenvalue weighted by molar-refractivity contribution is 7.92. The molecule has 0 atom stereocenters. The van der Waals surface area contributed by atoms with E-state index < -0.39 is 10.0 Å². The number of amides is 1. The SMILES string of the molecule is COc1ccc(NS(=O)(=O)c2ccc(OCC(=O)NC3CCCCC3)cc2)cc1. The topological polar surface area (TPSA) is 93.7 Å². The fraction of sp³-hybridized carbons (Fsp3) is 0.381. The average Bonchev–Trinajstić information content (AvgIpc) is 2.73. The highest BCUT2D eigenvalue weighted by Gasteiger charge is 2.17. The summed E-state index contributed by atoms with van der Waals surface area (Å²) in [7, 11) is -2.18. The molecule has 0 bridgehead atoms. The molecule has 3 rings (SSSR count). The van der Waals surface area contributed by atoms with Crippen LogP contribution in [0.5, 0.6) is 11.5 Å². The Kier molecular flexibility index (Phi) is 6.98. The molecule has 0 aromatic heterocycles. The summed E-state index contributed by atoms with van der Waals surface area (Å²) in [6.07, 6.45) is 5.54. The zero-order valence-corrected chi connectivity index (χ0v) is 17.2. The first kappa shape index (κ1) is 21.0. The van der Waals surface area contributed by atoms with Gasteiger partial charge in [0.25, 0.3) is 15.9 Å². The molecule has 1 aliphatic rings. The van der Waals surface area contributed by atoms with Crippen LogP contribution in [0.3, 0.4) is 0 Å². The predicted octanol–water partition coefficient (Wildman–Crippen LogP) is 3.32. The first-order valence-corrected chi connectivity index (χ1v) is 11.1. The van der Waals surface area contributed by atoms with Gasteiger partial charge in [-0.1, -0.05) is 19.3 Å². The molecule has 7 nitrogen and oxygen atoms in total. The summed E-state index contributed by atoms with van der Waals surface area (Å²) in [5.41, 5.74) is 0.436. The first-order valence-electron chi connectivity index (χ1n) is 9.65. The van der Waals surface area contributed by atoms with Gasteiger partial charge in [-0.15, -0.1) is 0 Å². The summed E-state index contributed by atoms with van der Waals surface area (Å²) in [6.45, 7) is -0.0906. The van der Waals surface area contributed by atoms with E-state index in [9.17, 15) is 13.2 Å². The van der Waals surface area contributed by atoms with Crippen molar-refractivity contribution in [1.82, 2.24) is 5.32 Å². The summed E-state index contributed by atoms with van der Waals surface area (Å²) in [4.78, 5) is 12.1. The summed E-state index contributed by atoms with van der Waals surface area (Å²) < 4.78 is 38.1. The van der Waals surface area contributed by atoms with Crippen molar-refractivity contribution in [3.05, 3.63) is 48.5 Å². The second-order valence-electron chi connectivity index (χ2n) is 7.00. The number of methoxy groups -OCH3 is 1. The smallest absolute Gasteiger partial charge is 0.261 e. The summed E-state index contributed by atoms with van der Waals surface area (Å²) >= 11 is 0. The maximum absolute atomic E-state index is 12.5. The van der Waals surface area contributed by atoms with Crippen molar-refractivity contribution in [3.63, 3.8) is 0 Å². The number of nitrogens with one attached hydrogen (secondary N) is 2. The van der Waals surface area contributed by atoms with Gasteiger partial charge in [0.1, 0.15) is 11.5 Å². The van der Waals surface area contributed by atoms with Gasteiger partial charge in [0.15, 0.2) is 6.61 Å². The molecular weight excluding hydrogens is 392 g/mol. The standard InChI is InChI=1S/C21H26N2O5S/c1-27-18-9-7-17(8-10-18)23-29(25,26)20-13-11-19(12-14-20)28-15-21(24)22-16-5-3-2-4-6-16/h7-14,16,23H,2-6,15H2,1H3,(H,22,24). The maximum atomic E-state index is 12.5. The van der Waals surface area contributed by atoms with E-state index in [1.807, 2.05) is 0 Å². The molecule has 2 aromatic carbocycles. The molecule has 1 fully saturated rings. The molecule has 0 spiro atoms. The van der Waals surface area contributed by atoms with E-state index in [0.717, 1.165) is 25.7 Å². The van der Waals surface area contributed by atoms with E-state index in [1.54, 1.807) is 31.4 Å². The van der Waals surface area contributed by atoms with Crippen molar-refractivity contribution in [2.24, 2.45) is 0 Å². The zero-order chi connectivity index (χ0) is 20.7. The largest absolute Gasteiger partial charge is 0.497 e. The number of carbonyl (C=O) groups is 1. The minimum absolute atomic E-state index is 0.0906. The Hall–Kier alpha value is -2.74. The number of carbonyl (C=O) groups excluding carboxylic acids is 1. The Balaban J connectivity index is 1.53. The van der Waals surface area contributed by atoms with Crippen LogP contribution in [-0.4, -0.2) is 34.1 Å². The third-order valence-corrected chi connectivity index (χ3v) is 6.21. The lowest BCUT2D eigenvalue weighted by atomic mass is 9.95. The van der Waals surface area contributed by atoms with Gasteiger partial charge >= 0.3 is 0 Å². The van der Waals surface area contributed by atoms with Crippen LogP contribution in [0.4, 0.5) is 5.69 Å². The number of ether oxygens (including phenoxy) is 2. The lowest BCUT2D eigenvalue weighted by Gasteiger charge is -2.22. The lowest BCUT2D eigenvalue weighted by Crippen LogP contribution is -2.38. The Morgan fingerprint density at radius 1 is 0.966 bits per heavy atom. The fourth-order valence-electron chi connectivity index (χ4n) is 3.25. The van der Waals surface area contributed by atoms with Crippen LogP contribution >= 0.6 is 0 Å². The normalized spacial score (nSPS) is 14.8. The van der Waals surface area contributed by atoms with Crippen molar-refractivity contribution in [2.45, 2.75) is 43.0 Å². The molecule has 8 heteroatoms. The first-order chi connectivity index (χ1) is 14.0. The molecule has 0 unspecified atom stereocenters. The summed E-state index contributed by atoms with van der Waals surface area (Å²) in [6, 6.07) is 12.8. The fourth-order valence-corrected chi connectivity index (χ4v) is 4.31. The van der Waals surface area contributed by atoms with Crippen LogP contribution in [0, 0.1) is 0 Å². The van der Waals surface area contributed by atoms with Gasteiger partial charge in [-0.25, -0.2) is 8.42 Å². The average molecular weight is 419 g/mol. The van der Waals surface area contributed by atoms with Gasteiger partial charge in [-0.3, -0.25) is 9.52 Å². The van der Waals surface area contributed by atoms with E-state index in [1.165, 1.54) is 30.7 Å². The monoisotopic (exact) mass is 418 g/mol. The van der Waals surface area contributed by atoms with E-state index in [0.29, 0.717) is 17.2 Å². The van der Waals surface area contributed by atoms with Crippen LogP contribution in [-0.2, 0) is 14.8 Å². The van der Waals surface area contributed by atoms with Gasteiger partial charge in [0.05, 0.1) is 12.0 Å². The molecule has 0 heterocycles. The molecule has 29 heavy (non-hydrogen) atoms. The van der Waals surface area contributed by atoms with Crippen LogP contribution in [0.15, 0.2) is 53.4 Å². The van der Waals surface area contributed by atoms with Crippen LogP contribution in [0.1, 0.15) is 32.1 Å². The Labute approximate surface area is 171 Å².